The van der Waals surface area contributed by atoms with E-state index in [2.05, 4.69) is 32.4 Å². The highest BCUT2D eigenvalue weighted by Crippen LogP contribution is 2.34. The minimum Gasteiger partial charge on any atom is -0.378 e. The van der Waals surface area contributed by atoms with Crippen molar-refractivity contribution in [3.63, 3.8) is 0 Å². The normalized spacial score (nSPS) is 15.0. The van der Waals surface area contributed by atoms with Crippen LogP contribution in [0.5, 0.6) is 0 Å². The van der Waals surface area contributed by atoms with Crippen molar-refractivity contribution in [3.05, 3.63) is 91.1 Å². The fourth-order valence-corrected chi connectivity index (χ4v) is 5.24. The molecule has 4 aromatic rings. The minimum atomic E-state index is -0.614. The quantitative estimate of drug-likeness (QED) is 0.183. The summed E-state index contributed by atoms with van der Waals surface area (Å²) in [4.78, 5) is 25.4. The molecule has 0 aliphatic carbocycles. The van der Waals surface area contributed by atoms with E-state index in [4.69, 9.17) is 14.5 Å². The lowest BCUT2D eigenvalue weighted by molar-refractivity contribution is -0.111. The van der Waals surface area contributed by atoms with E-state index in [-0.39, 0.29) is 15.8 Å². The molecule has 6 rings (SSSR count). The smallest absolute Gasteiger partial charge is 0.247 e. The van der Waals surface area contributed by atoms with Gasteiger partial charge in [0.15, 0.2) is 0 Å². The van der Waals surface area contributed by atoms with Crippen LogP contribution in [0.1, 0.15) is 4.28 Å². The number of amides is 1. The highest BCUT2D eigenvalue weighted by atomic mass is 19.1. The van der Waals surface area contributed by atoms with Gasteiger partial charge in [-0.05, 0) is 60.7 Å². The fourth-order valence-electron chi connectivity index (χ4n) is 5.24. The van der Waals surface area contributed by atoms with Crippen LogP contribution < -0.4 is 25.8 Å². The number of nitrogens with zero attached hydrogens (tertiary/aromatic N) is 4. The minimum absolute atomic E-state index is 0. The number of hydrogen-bond acceptors (Lipinski definition) is 9. The number of carbonyl (C=O) groups is 1. The van der Waals surface area contributed by atoms with Crippen LogP contribution in [-0.2, 0) is 14.3 Å². The average molecular weight is 620 g/mol. The predicted molar refractivity (Wildman–Crippen MR) is 178 cm³/mol. The van der Waals surface area contributed by atoms with Crippen LogP contribution in [0.25, 0.3) is 11.3 Å². The number of halogens is 2. The maximum Gasteiger partial charge on any atom is 0.247 e. The largest absolute Gasteiger partial charge is 0.378 e. The number of ether oxygens (including phenoxy) is 2. The van der Waals surface area contributed by atoms with Crippen LogP contribution in [0.4, 0.5) is 48.9 Å². The van der Waals surface area contributed by atoms with E-state index in [0.29, 0.717) is 73.8 Å². The van der Waals surface area contributed by atoms with Crippen molar-refractivity contribution in [2.75, 3.05) is 78.4 Å². The average Bonchev–Trinajstić information content (AvgIpc) is 3.07. The molecule has 3 heterocycles. The number of anilines is 7. The number of nitrogens with one attached hydrogen (secondary N) is 3. The van der Waals surface area contributed by atoms with Crippen molar-refractivity contribution < 1.29 is 27.3 Å². The van der Waals surface area contributed by atoms with Gasteiger partial charge in [0.05, 0.1) is 55.4 Å². The summed E-state index contributed by atoms with van der Waals surface area (Å²) in [5, 5.41) is 8.97. The predicted octanol–water partition coefficient (Wildman–Crippen LogP) is 6.44. The number of hydrogen-bond donors (Lipinski definition) is 3. The zero-order valence-corrected chi connectivity index (χ0v) is 24.6. The van der Waals surface area contributed by atoms with Crippen molar-refractivity contribution in [1.82, 2.24) is 9.97 Å². The number of morpholine rings is 2. The maximum atomic E-state index is 15.2. The molecule has 0 spiro atoms. The summed E-state index contributed by atoms with van der Waals surface area (Å²) in [5.74, 6) is -1.24. The molecule has 1 amide bonds. The molecule has 3 aromatic carbocycles. The van der Waals surface area contributed by atoms with E-state index in [0.717, 1.165) is 30.5 Å². The van der Waals surface area contributed by atoms with Crippen molar-refractivity contribution in [2.24, 2.45) is 0 Å². The molecule has 1 aromatic heterocycles. The standard InChI is InChI=1S/C33H33F2N7O3.3H2/c1-2-31(43)39-28-18-22(6-8-26(28)34)32-29(37-24-7-9-30(27(35)20-24)42-12-16-45-17-13-42)21-36-33(40-32)38-23-4-3-5-25(19-23)41-10-14-44-15-11-41;;;/h2-9,18-21,37H,1,10-17H2,(H,39,43)(H,36,38,40);3*1H. The van der Waals surface area contributed by atoms with E-state index in [9.17, 15) is 9.18 Å². The first-order valence-electron chi connectivity index (χ1n) is 14.7. The maximum absolute atomic E-state index is 15.2. The Morgan fingerprint density at radius 2 is 1.58 bits per heavy atom. The van der Waals surface area contributed by atoms with E-state index in [1.807, 2.05) is 29.2 Å². The number of benzene rings is 3. The Hall–Kier alpha value is -5.07. The molecule has 0 bridgehead atoms. The van der Waals surface area contributed by atoms with Crippen LogP contribution in [0.2, 0.25) is 0 Å². The van der Waals surface area contributed by atoms with Crippen LogP contribution in [0.15, 0.2) is 79.5 Å². The molecule has 2 fully saturated rings. The van der Waals surface area contributed by atoms with Gasteiger partial charge in [0.2, 0.25) is 11.9 Å². The van der Waals surface area contributed by atoms with Gasteiger partial charge in [-0.3, -0.25) is 4.79 Å². The van der Waals surface area contributed by atoms with E-state index in [1.54, 1.807) is 24.4 Å². The number of rotatable bonds is 9. The fraction of sp³-hybridized carbons (Fsp3) is 0.242. The first-order valence-corrected chi connectivity index (χ1v) is 14.7. The lowest BCUT2D eigenvalue weighted by Crippen LogP contribution is -2.36. The molecule has 2 aliphatic heterocycles. The SMILES string of the molecule is C=CC(=O)Nc1cc(-c2nc(Nc3cccc(N4CCOCC4)c3)ncc2Nc2ccc(N3CCOCC3)c(F)c2)ccc1F.[HH].[HH].[HH]. The first kappa shape index (κ1) is 30.0. The lowest BCUT2D eigenvalue weighted by Gasteiger charge is -2.29. The molecule has 2 aliphatic rings. The molecule has 238 valence electrons. The number of carbonyl (C=O) groups excluding carboxylic acids is 1. The van der Waals surface area contributed by atoms with Gasteiger partial charge in [0.25, 0.3) is 0 Å². The molecule has 10 nitrogen and oxygen atoms in total. The Kier molecular flexibility index (Phi) is 9.13. The Labute approximate surface area is 264 Å². The summed E-state index contributed by atoms with van der Waals surface area (Å²) in [6.07, 6.45) is 2.64. The van der Waals surface area contributed by atoms with Crippen LogP contribution in [0.3, 0.4) is 0 Å². The van der Waals surface area contributed by atoms with Gasteiger partial charge in [0.1, 0.15) is 11.6 Å². The molecule has 3 N–H and O–H groups in total. The summed E-state index contributed by atoms with van der Waals surface area (Å²) in [6.45, 7) is 8.70. The zero-order chi connectivity index (χ0) is 31.2. The van der Waals surface area contributed by atoms with E-state index >= 15 is 4.39 Å². The van der Waals surface area contributed by atoms with E-state index in [1.165, 1.54) is 18.2 Å². The van der Waals surface area contributed by atoms with Gasteiger partial charge >= 0.3 is 0 Å². The molecule has 0 atom stereocenters. The van der Waals surface area contributed by atoms with Crippen molar-refractivity contribution in [3.8, 4) is 11.3 Å². The van der Waals surface area contributed by atoms with Crippen molar-refractivity contribution in [1.29, 1.82) is 0 Å². The first-order chi connectivity index (χ1) is 22.0. The Morgan fingerprint density at radius 1 is 0.844 bits per heavy atom. The molecular formula is C33H39F2N7O3. The third-order valence-corrected chi connectivity index (χ3v) is 7.53. The van der Waals surface area contributed by atoms with Gasteiger partial charge in [-0.25, -0.2) is 18.7 Å². The summed E-state index contributed by atoms with van der Waals surface area (Å²) in [6, 6.07) is 17.1. The highest BCUT2D eigenvalue weighted by Gasteiger charge is 2.18. The second-order valence-corrected chi connectivity index (χ2v) is 10.5. The van der Waals surface area contributed by atoms with Gasteiger partial charge in [0, 0.05) is 53.1 Å². The molecule has 0 radical (unpaired) electrons. The third kappa shape index (κ3) is 7.19. The van der Waals surface area contributed by atoms with E-state index < -0.39 is 11.7 Å². The molecule has 2 saturated heterocycles. The lowest BCUT2D eigenvalue weighted by atomic mass is 10.1. The second-order valence-electron chi connectivity index (χ2n) is 10.5. The van der Waals surface area contributed by atoms with Gasteiger partial charge in [-0.15, -0.1) is 0 Å². The van der Waals surface area contributed by atoms with Gasteiger partial charge < -0.3 is 35.2 Å². The highest BCUT2D eigenvalue weighted by molar-refractivity contribution is 5.99. The topological polar surface area (TPSA) is 104 Å². The molecule has 0 unspecified atom stereocenters. The summed E-state index contributed by atoms with van der Waals surface area (Å²) in [5.41, 5.74) is 4.13. The van der Waals surface area contributed by atoms with Crippen LogP contribution in [0, 0.1) is 11.6 Å². The van der Waals surface area contributed by atoms with Gasteiger partial charge in [-0.2, -0.15) is 0 Å². The summed E-state index contributed by atoms with van der Waals surface area (Å²) < 4.78 is 40.7. The molecule has 45 heavy (non-hydrogen) atoms. The Bertz CT molecular complexity index is 1710. The summed E-state index contributed by atoms with van der Waals surface area (Å²) in [7, 11) is 0. The number of aromatic nitrogens is 2. The van der Waals surface area contributed by atoms with Crippen LogP contribution >= 0.6 is 0 Å². The Morgan fingerprint density at radius 3 is 2.31 bits per heavy atom. The van der Waals surface area contributed by atoms with Crippen molar-refractivity contribution >= 4 is 46.0 Å². The van der Waals surface area contributed by atoms with Crippen molar-refractivity contribution in [2.45, 2.75) is 0 Å². The van der Waals surface area contributed by atoms with Crippen LogP contribution in [-0.4, -0.2) is 68.5 Å². The van der Waals surface area contributed by atoms with Gasteiger partial charge in [-0.1, -0.05) is 12.6 Å². The molecule has 12 heteroatoms. The monoisotopic (exact) mass is 619 g/mol. The molecule has 0 saturated carbocycles. The summed E-state index contributed by atoms with van der Waals surface area (Å²) >= 11 is 0. The third-order valence-electron chi connectivity index (χ3n) is 7.53. The zero-order valence-electron chi connectivity index (χ0n) is 24.6. The second kappa shape index (κ2) is 13.7. The molecular weight excluding hydrogens is 580 g/mol. The Balaban J connectivity index is 0.00000208.